The average molecular weight is 265 g/mol. The third-order valence-corrected chi connectivity index (χ3v) is 3.77. The molecule has 2 nitrogen and oxygen atoms in total. The molecule has 0 N–H and O–H groups in total. The lowest BCUT2D eigenvalue weighted by atomic mass is 10.0. The van der Waals surface area contributed by atoms with Crippen LogP contribution in [0, 0.1) is 5.82 Å². The number of aryl methyl sites for hydroxylation is 1. The highest BCUT2D eigenvalue weighted by atomic mass is 35.5. The molecule has 1 heterocycles. The third-order valence-electron chi connectivity index (χ3n) is 3.48. The van der Waals surface area contributed by atoms with Crippen molar-refractivity contribution in [3.8, 4) is 0 Å². The van der Waals surface area contributed by atoms with Crippen molar-refractivity contribution in [2.75, 3.05) is 0 Å². The van der Waals surface area contributed by atoms with Crippen LogP contribution in [0.4, 0.5) is 4.39 Å². The molecule has 18 heavy (non-hydrogen) atoms. The number of hydrogen-bond acceptors (Lipinski definition) is 1. The largest absolute Gasteiger partial charge is 0.330 e. The summed E-state index contributed by atoms with van der Waals surface area (Å²) in [7, 11) is 0. The minimum absolute atomic E-state index is 0.182. The van der Waals surface area contributed by atoms with E-state index in [2.05, 4.69) is 4.98 Å². The second-order valence-corrected chi connectivity index (χ2v) is 5.09. The van der Waals surface area contributed by atoms with Crippen LogP contribution in [0.3, 0.4) is 0 Å². The van der Waals surface area contributed by atoms with Gasteiger partial charge in [0.15, 0.2) is 0 Å². The van der Waals surface area contributed by atoms with Crippen molar-refractivity contribution in [3.05, 3.63) is 52.3 Å². The summed E-state index contributed by atoms with van der Waals surface area (Å²) >= 11 is 5.80. The first-order chi connectivity index (χ1) is 8.75. The predicted octanol–water partition coefficient (Wildman–Crippen LogP) is 3.60. The Bertz CT molecular complexity index is 577. The molecule has 0 fully saturated rings. The minimum Gasteiger partial charge on any atom is -0.330 e. The molecule has 3 rings (SSSR count). The van der Waals surface area contributed by atoms with Gasteiger partial charge in [-0.3, -0.25) is 0 Å². The Morgan fingerprint density at radius 2 is 2.11 bits per heavy atom. The van der Waals surface area contributed by atoms with Crippen LogP contribution in [0.5, 0.6) is 0 Å². The van der Waals surface area contributed by atoms with Gasteiger partial charge in [0.25, 0.3) is 0 Å². The highest BCUT2D eigenvalue weighted by Crippen LogP contribution is 2.23. The SMILES string of the molecule is Fc1c(Cl)cccc1Cn1cnc2c1CCCC2. The highest BCUT2D eigenvalue weighted by molar-refractivity contribution is 6.30. The maximum atomic E-state index is 13.9. The van der Waals surface area contributed by atoms with E-state index in [1.807, 2.05) is 10.9 Å². The van der Waals surface area contributed by atoms with Crippen LogP contribution in [-0.2, 0) is 19.4 Å². The summed E-state index contributed by atoms with van der Waals surface area (Å²) in [6, 6.07) is 5.13. The molecule has 1 aromatic carbocycles. The molecule has 0 aliphatic heterocycles. The van der Waals surface area contributed by atoms with Crippen molar-refractivity contribution < 1.29 is 4.39 Å². The summed E-state index contributed by atoms with van der Waals surface area (Å²) in [5, 5.41) is 0.182. The molecule has 0 spiro atoms. The summed E-state index contributed by atoms with van der Waals surface area (Å²) in [6.07, 6.45) is 6.29. The smallest absolute Gasteiger partial charge is 0.146 e. The Kier molecular flexibility index (Phi) is 3.08. The van der Waals surface area contributed by atoms with Gasteiger partial charge in [0.2, 0.25) is 0 Å². The molecule has 1 aliphatic carbocycles. The van der Waals surface area contributed by atoms with E-state index in [9.17, 15) is 4.39 Å². The van der Waals surface area contributed by atoms with Gasteiger partial charge in [-0.05, 0) is 31.7 Å². The maximum absolute atomic E-state index is 13.9. The van der Waals surface area contributed by atoms with Crippen molar-refractivity contribution >= 4 is 11.6 Å². The Morgan fingerprint density at radius 1 is 1.28 bits per heavy atom. The van der Waals surface area contributed by atoms with E-state index < -0.39 is 0 Å². The number of imidazole rings is 1. The molecule has 0 bridgehead atoms. The van der Waals surface area contributed by atoms with Gasteiger partial charge in [-0.2, -0.15) is 0 Å². The second kappa shape index (κ2) is 4.73. The zero-order valence-electron chi connectivity index (χ0n) is 10.00. The Morgan fingerprint density at radius 3 is 3.00 bits per heavy atom. The molecule has 0 amide bonds. The van der Waals surface area contributed by atoms with Gasteiger partial charge in [0.1, 0.15) is 5.82 Å². The molecule has 0 saturated carbocycles. The lowest BCUT2D eigenvalue weighted by molar-refractivity contribution is 0.586. The summed E-state index contributed by atoms with van der Waals surface area (Å²) in [5.41, 5.74) is 3.04. The molecular formula is C14H14ClFN2. The summed E-state index contributed by atoms with van der Waals surface area (Å²) < 4.78 is 15.9. The van der Waals surface area contributed by atoms with Gasteiger partial charge in [0, 0.05) is 11.3 Å². The molecule has 0 unspecified atom stereocenters. The van der Waals surface area contributed by atoms with Crippen LogP contribution in [0.15, 0.2) is 24.5 Å². The van der Waals surface area contributed by atoms with E-state index >= 15 is 0 Å². The Hall–Kier alpha value is -1.35. The molecular weight excluding hydrogens is 251 g/mol. The molecule has 0 radical (unpaired) electrons. The Balaban J connectivity index is 1.93. The standard InChI is InChI=1S/C14H14ClFN2/c15-11-5-3-4-10(14(11)16)8-18-9-17-12-6-1-2-7-13(12)18/h3-5,9H,1-2,6-8H2. The van der Waals surface area contributed by atoms with Crippen molar-refractivity contribution in [2.45, 2.75) is 32.2 Å². The summed E-state index contributed by atoms with van der Waals surface area (Å²) in [4.78, 5) is 4.41. The number of benzene rings is 1. The van der Waals surface area contributed by atoms with E-state index in [-0.39, 0.29) is 10.8 Å². The number of rotatable bonds is 2. The summed E-state index contributed by atoms with van der Waals surface area (Å²) in [6.45, 7) is 0.509. The first-order valence-electron chi connectivity index (χ1n) is 6.21. The van der Waals surface area contributed by atoms with Crippen LogP contribution in [0.1, 0.15) is 29.8 Å². The van der Waals surface area contributed by atoms with Crippen LogP contribution >= 0.6 is 11.6 Å². The average Bonchev–Trinajstić information content (AvgIpc) is 2.79. The first-order valence-corrected chi connectivity index (χ1v) is 6.59. The molecule has 94 valence electrons. The molecule has 2 aromatic rings. The van der Waals surface area contributed by atoms with E-state index in [0.29, 0.717) is 12.1 Å². The molecule has 0 saturated heterocycles. The fraction of sp³-hybridized carbons (Fsp3) is 0.357. The highest BCUT2D eigenvalue weighted by Gasteiger charge is 2.16. The first kappa shape index (κ1) is 11.7. The van der Waals surface area contributed by atoms with Crippen molar-refractivity contribution in [1.29, 1.82) is 0 Å². The van der Waals surface area contributed by atoms with Gasteiger partial charge in [-0.1, -0.05) is 23.7 Å². The number of halogens is 2. The number of fused-ring (bicyclic) bond motifs is 1. The van der Waals surface area contributed by atoms with Gasteiger partial charge >= 0.3 is 0 Å². The monoisotopic (exact) mass is 264 g/mol. The van der Waals surface area contributed by atoms with Crippen LogP contribution in [0.2, 0.25) is 5.02 Å². The number of hydrogen-bond donors (Lipinski definition) is 0. The molecule has 0 atom stereocenters. The second-order valence-electron chi connectivity index (χ2n) is 4.69. The van der Waals surface area contributed by atoms with Crippen LogP contribution in [-0.4, -0.2) is 9.55 Å². The van der Waals surface area contributed by atoms with E-state index in [0.717, 1.165) is 12.8 Å². The topological polar surface area (TPSA) is 17.8 Å². The number of nitrogens with zero attached hydrogens (tertiary/aromatic N) is 2. The quantitative estimate of drug-likeness (QED) is 0.810. The van der Waals surface area contributed by atoms with E-state index in [1.54, 1.807) is 18.2 Å². The fourth-order valence-electron chi connectivity index (χ4n) is 2.52. The van der Waals surface area contributed by atoms with Crippen molar-refractivity contribution in [3.63, 3.8) is 0 Å². The number of aromatic nitrogens is 2. The van der Waals surface area contributed by atoms with E-state index in [4.69, 9.17) is 11.6 Å². The summed E-state index contributed by atoms with van der Waals surface area (Å²) in [5.74, 6) is -0.322. The minimum atomic E-state index is -0.322. The Labute approximate surface area is 110 Å². The fourth-order valence-corrected chi connectivity index (χ4v) is 2.72. The zero-order chi connectivity index (χ0) is 12.5. The lowest BCUT2D eigenvalue weighted by Gasteiger charge is -2.14. The maximum Gasteiger partial charge on any atom is 0.146 e. The zero-order valence-corrected chi connectivity index (χ0v) is 10.8. The van der Waals surface area contributed by atoms with Gasteiger partial charge in [-0.15, -0.1) is 0 Å². The molecule has 1 aromatic heterocycles. The predicted molar refractivity (Wildman–Crippen MR) is 69.4 cm³/mol. The third kappa shape index (κ3) is 2.03. The van der Waals surface area contributed by atoms with Gasteiger partial charge in [-0.25, -0.2) is 9.37 Å². The normalized spacial score (nSPS) is 14.6. The van der Waals surface area contributed by atoms with Crippen LogP contribution < -0.4 is 0 Å². The van der Waals surface area contributed by atoms with Crippen LogP contribution in [0.25, 0.3) is 0 Å². The molecule has 1 aliphatic rings. The van der Waals surface area contributed by atoms with Gasteiger partial charge in [0.05, 0.1) is 23.6 Å². The lowest BCUT2D eigenvalue weighted by Crippen LogP contribution is -2.09. The van der Waals surface area contributed by atoms with Gasteiger partial charge < -0.3 is 4.57 Å². The van der Waals surface area contributed by atoms with E-state index in [1.165, 1.54) is 24.2 Å². The van der Waals surface area contributed by atoms with Crippen molar-refractivity contribution in [2.24, 2.45) is 0 Å². The van der Waals surface area contributed by atoms with Crippen molar-refractivity contribution in [1.82, 2.24) is 9.55 Å². The molecule has 4 heteroatoms.